The number of fused-ring (bicyclic) bond motifs is 1. The largest absolute Gasteiger partial charge is 0.296 e. The van der Waals surface area contributed by atoms with Crippen LogP contribution in [-0.2, 0) is 0 Å². The van der Waals surface area contributed by atoms with Crippen LogP contribution in [0.15, 0.2) is 30.5 Å². The zero-order valence-corrected chi connectivity index (χ0v) is 8.90. The maximum Gasteiger partial charge on any atom is 0.169 e. The Bertz CT molecular complexity index is 503. The molecule has 0 aliphatic heterocycles. The Hall–Kier alpha value is -1.70. The Morgan fingerprint density at radius 2 is 2.07 bits per heavy atom. The molecule has 76 valence electrons. The highest BCUT2D eigenvalue weighted by Crippen LogP contribution is 2.22. The van der Waals surface area contributed by atoms with Crippen molar-refractivity contribution in [3.8, 4) is 0 Å². The number of hydrogen-bond acceptors (Lipinski definition) is 2. The number of benzene rings is 1. The van der Waals surface area contributed by atoms with Gasteiger partial charge in [-0.2, -0.15) is 0 Å². The molecule has 0 N–H and O–H groups in total. The Kier molecular flexibility index (Phi) is 2.50. The molecule has 0 saturated carbocycles. The first kappa shape index (κ1) is 9.84. The summed E-state index contributed by atoms with van der Waals surface area (Å²) in [5.74, 6) is 0.467. The fraction of sp³-hybridized carbons (Fsp3) is 0.231. The highest BCUT2D eigenvalue weighted by molar-refractivity contribution is 5.96. The van der Waals surface area contributed by atoms with E-state index in [0.29, 0.717) is 11.6 Å². The fourth-order valence-corrected chi connectivity index (χ4v) is 1.66. The molecule has 0 saturated heterocycles. The summed E-state index contributed by atoms with van der Waals surface area (Å²) in [4.78, 5) is 14.9. The van der Waals surface area contributed by atoms with Crippen molar-refractivity contribution in [2.24, 2.45) is 0 Å². The summed E-state index contributed by atoms with van der Waals surface area (Å²) in [7, 11) is 0. The van der Waals surface area contributed by atoms with E-state index in [-0.39, 0.29) is 0 Å². The van der Waals surface area contributed by atoms with E-state index in [0.717, 1.165) is 17.1 Å². The van der Waals surface area contributed by atoms with Crippen LogP contribution in [-0.4, -0.2) is 11.3 Å². The third-order valence-corrected chi connectivity index (χ3v) is 2.60. The van der Waals surface area contributed by atoms with Crippen LogP contribution < -0.4 is 0 Å². The van der Waals surface area contributed by atoms with E-state index in [9.17, 15) is 4.79 Å². The van der Waals surface area contributed by atoms with Crippen molar-refractivity contribution < 1.29 is 4.79 Å². The summed E-state index contributed by atoms with van der Waals surface area (Å²) in [6, 6.07) is 8.12. The van der Waals surface area contributed by atoms with Crippen LogP contribution in [0.1, 0.15) is 35.8 Å². The van der Waals surface area contributed by atoms with Gasteiger partial charge in [-0.05, 0) is 29.0 Å². The molecule has 0 bridgehead atoms. The van der Waals surface area contributed by atoms with Crippen LogP contribution in [0.5, 0.6) is 0 Å². The molecule has 0 unspecified atom stereocenters. The average molecular weight is 199 g/mol. The molecule has 2 heteroatoms. The predicted octanol–water partition coefficient (Wildman–Crippen LogP) is 3.17. The van der Waals surface area contributed by atoms with Gasteiger partial charge in [0.25, 0.3) is 0 Å². The quantitative estimate of drug-likeness (QED) is 0.695. The zero-order valence-electron chi connectivity index (χ0n) is 8.90. The number of carbonyl (C=O) groups excluding carboxylic acids is 1. The van der Waals surface area contributed by atoms with E-state index in [4.69, 9.17) is 0 Å². The lowest BCUT2D eigenvalue weighted by Gasteiger charge is -2.07. The summed E-state index contributed by atoms with van der Waals surface area (Å²) in [5, 5.41) is 2.01. The van der Waals surface area contributed by atoms with Gasteiger partial charge in [0.2, 0.25) is 0 Å². The van der Waals surface area contributed by atoms with Crippen molar-refractivity contribution in [2.45, 2.75) is 19.8 Å². The molecule has 0 amide bonds. The van der Waals surface area contributed by atoms with Crippen LogP contribution in [0.2, 0.25) is 0 Å². The molecule has 0 aliphatic rings. The fourth-order valence-electron chi connectivity index (χ4n) is 1.66. The lowest BCUT2D eigenvalue weighted by Crippen LogP contribution is -1.92. The Morgan fingerprint density at radius 3 is 2.73 bits per heavy atom. The molecule has 1 aromatic carbocycles. The standard InChI is InChI=1S/C13H13NO/c1-9(2)11-4-3-10-5-6-14-13(8-15)12(10)7-11/h3-9H,1-2H3. The number of aromatic nitrogens is 1. The molecule has 15 heavy (non-hydrogen) atoms. The summed E-state index contributed by atoms with van der Waals surface area (Å²) >= 11 is 0. The summed E-state index contributed by atoms with van der Waals surface area (Å²) in [6.45, 7) is 4.27. The zero-order chi connectivity index (χ0) is 10.8. The topological polar surface area (TPSA) is 30.0 Å². The van der Waals surface area contributed by atoms with Gasteiger partial charge < -0.3 is 0 Å². The van der Waals surface area contributed by atoms with Gasteiger partial charge >= 0.3 is 0 Å². The number of carbonyl (C=O) groups is 1. The van der Waals surface area contributed by atoms with Gasteiger partial charge in [0, 0.05) is 11.6 Å². The molecule has 0 spiro atoms. The van der Waals surface area contributed by atoms with E-state index < -0.39 is 0 Å². The van der Waals surface area contributed by atoms with Crippen LogP contribution in [0, 0.1) is 0 Å². The third-order valence-electron chi connectivity index (χ3n) is 2.60. The summed E-state index contributed by atoms with van der Waals surface area (Å²) in [6.07, 6.45) is 2.48. The van der Waals surface area contributed by atoms with Crippen molar-refractivity contribution in [1.82, 2.24) is 4.98 Å². The average Bonchev–Trinajstić information content (AvgIpc) is 2.27. The lowest BCUT2D eigenvalue weighted by molar-refractivity contribution is 0.112. The minimum absolute atomic E-state index is 0.467. The van der Waals surface area contributed by atoms with Crippen LogP contribution in [0.4, 0.5) is 0 Å². The number of nitrogens with zero attached hydrogens (tertiary/aromatic N) is 1. The summed E-state index contributed by atoms with van der Waals surface area (Å²) < 4.78 is 0. The molecule has 2 aromatic rings. The Labute approximate surface area is 89.0 Å². The van der Waals surface area contributed by atoms with Crippen LogP contribution in [0.25, 0.3) is 10.8 Å². The van der Waals surface area contributed by atoms with Crippen molar-refractivity contribution in [3.05, 3.63) is 41.7 Å². The van der Waals surface area contributed by atoms with E-state index in [2.05, 4.69) is 31.0 Å². The highest BCUT2D eigenvalue weighted by Gasteiger charge is 2.04. The Morgan fingerprint density at radius 1 is 1.27 bits per heavy atom. The lowest BCUT2D eigenvalue weighted by atomic mass is 9.99. The van der Waals surface area contributed by atoms with Gasteiger partial charge in [0.05, 0.1) is 0 Å². The van der Waals surface area contributed by atoms with E-state index in [1.165, 1.54) is 5.56 Å². The predicted molar refractivity (Wildman–Crippen MR) is 61.2 cm³/mol. The summed E-state index contributed by atoms with van der Waals surface area (Å²) in [5.41, 5.74) is 1.76. The highest BCUT2D eigenvalue weighted by atomic mass is 16.1. The van der Waals surface area contributed by atoms with Crippen molar-refractivity contribution in [2.75, 3.05) is 0 Å². The van der Waals surface area contributed by atoms with Crippen molar-refractivity contribution >= 4 is 17.1 Å². The minimum Gasteiger partial charge on any atom is -0.296 e. The number of pyridine rings is 1. The molecule has 0 atom stereocenters. The molecular formula is C13H13NO. The molecule has 1 heterocycles. The smallest absolute Gasteiger partial charge is 0.169 e. The molecule has 0 radical (unpaired) electrons. The van der Waals surface area contributed by atoms with Gasteiger partial charge in [-0.25, -0.2) is 0 Å². The van der Waals surface area contributed by atoms with E-state index in [1.807, 2.05) is 12.1 Å². The third kappa shape index (κ3) is 1.75. The maximum atomic E-state index is 10.8. The SMILES string of the molecule is CC(C)c1ccc2ccnc(C=O)c2c1. The van der Waals surface area contributed by atoms with Gasteiger partial charge in [0.1, 0.15) is 5.69 Å². The molecule has 2 nitrogen and oxygen atoms in total. The first-order valence-corrected chi connectivity index (χ1v) is 5.06. The van der Waals surface area contributed by atoms with Crippen molar-refractivity contribution in [3.63, 3.8) is 0 Å². The second kappa shape index (κ2) is 3.81. The molecule has 2 rings (SSSR count). The van der Waals surface area contributed by atoms with Gasteiger partial charge in [-0.1, -0.05) is 26.0 Å². The Balaban J connectivity index is 2.72. The number of rotatable bonds is 2. The molecule has 0 fully saturated rings. The van der Waals surface area contributed by atoms with Crippen molar-refractivity contribution in [1.29, 1.82) is 0 Å². The van der Waals surface area contributed by atoms with Gasteiger partial charge in [0.15, 0.2) is 6.29 Å². The van der Waals surface area contributed by atoms with E-state index >= 15 is 0 Å². The van der Waals surface area contributed by atoms with Crippen LogP contribution >= 0.6 is 0 Å². The molecule has 1 aromatic heterocycles. The van der Waals surface area contributed by atoms with Crippen LogP contribution in [0.3, 0.4) is 0 Å². The van der Waals surface area contributed by atoms with E-state index in [1.54, 1.807) is 6.20 Å². The molecular weight excluding hydrogens is 186 g/mol. The first-order valence-electron chi connectivity index (χ1n) is 5.06. The number of hydrogen-bond donors (Lipinski definition) is 0. The number of aldehydes is 1. The monoisotopic (exact) mass is 199 g/mol. The minimum atomic E-state index is 0.467. The normalized spacial score (nSPS) is 10.9. The second-order valence-corrected chi connectivity index (χ2v) is 3.95. The van der Waals surface area contributed by atoms with Gasteiger partial charge in [-0.3, -0.25) is 9.78 Å². The first-order chi connectivity index (χ1) is 7.22. The molecule has 0 aliphatic carbocycles. The second-order valence-electron chi connectivity index (χ2n) is 3.95. The van der Waals surface area contributed by atoms with Gasteiger partial charge in [-0.15, -0.1) is 0 Å². The maximum absolute atomic E-state index is 10.8.